The third kappa shape index (κ3) is 4.02. The highest BCUT2D eigenvalue weighted by atomic mass is 35.5. The fourth-order valence-electron chi connectivity index (χ4n) is 4.67. The molecule has 6 nitrogen and oxygen atoms in total. The molecule has 0 saturated carbocycles. The Morgan fingerprint density at radius 2 is 1.42 bits per heavy atom. The minimum atomic E-state index is -1.14. The van der Waals surface area contributed by atoms with E-state index in [1.54, 1.807) is 24.3 Å². The molecule has 0 aliphatic heterocycles. The molecule has 1 heterocycles. The molecule has 5 aromatic carbocycles. The largest absolute Gasteiger partial charge is 0.478 e. The number of carbonyl (C=O) groups is 3. The molecule has 1 aromatic heterocycles. The summed E-state index contributed by atoms with van der Waals surface area (Å²) in [5.74, 6) is -2.14. The number of benzene rings is 5. The molecule has 186 valence electrons. The third-order valence-corrected chi connectivity index (χ3v) is 7.98. The zero-order chi connectivity index (χ0) is 26.6. The number of carboxylic acids is 1. The van der Waals surface area contributed by atoms with Gasteiger partial charge < -0.3 is 15.2 Å². The van der Waals surface area contributed by atoms with Gasteiger partial charge in [-0.2, -0.15) is 0 Å². The fourth-order valence-corrected chi connectivity index (χ4v) is 6.12. The van der Waals surface area contributed by atoms with Crippen molar-refractivity contribution in [1.29, 1.82) is 0 Å². The molecule has 2 N–H and O–H groups in total. The highest BCUT2D eigenvalue weighted by Crippen LogP contribution is 2.39. The van der Waals surface area contributed by atoms with Crippen LogP contribution in [0, 0.1) is 0 Å². The van der Waals surface area contributed by atoms with Crippen LogP contribution in [0.4, 0.5) is 5.69 Å². The molecule has 0 unspecified atom stereocenters. The molecule has 0 saturated heterocycles. The van der Waals surface area contributed by atoms with Gasteiger partial charge in [0.25, 0.3) is 5.91 Å². The number of hydrogen-bond acceptors (Lipinski definition) is 5. The van der Waals surface area contributed by atoms with E-state index in [0.717, 1.165) is 30.9 Å². The Labute approximate surface area is 225 Å². The van der Waals surface area contributed by atoms with Crippen LogP contribution in [0.5, 0.6) is 0 Å². The van der Waals surface area contributed by atoms with E-state index in [1.165, 1.54) is 24.5 Å². The summed E-state index contributed by atoms with van der Waals surface area (Å²) in [6.45, 7) is 0. The van der Waals surface area contributed by atoms with Crippen LogP contribution in [-0.4, -0.2) is 30.1 Å². The lowest BCUT2D eigenvalue weighted by Crippen LogP contribution is -2.15. The zero-order valence-corrected chi connectivity index (χ0v) is 21.4. The highest BCUT2D eigenvalue weighted by molar-refractivity contribution is 7.25. The van der Waals surface area contributed by atoms with Gasteiger partial charge in [0, 0.05) is 25.7 Å². The first kappa shape index (κ1) is 23.9. The summed E-state index contributed by atoms with van der Waals surface area (Å²) in [7, 11) is 1.26. The fraction of sp³-hybridized carbons (Fsp3) is 0.0333. The van der Waals surface area contributed by atoms with Crippen molar-refractivity contribution in [1.82, 2.24) is 0 Å². The summed E-state index contributed by atoms with van der Waals surface area (Å²) >= 11 is 7.55. The van der Waals surface area contributed by atoms with Crippen molar-refractivity contribution in [3.05, 3.63) is 101 Å². The van der Waals surface area contributed by atoms with E-state index in [0.29, 0.717) is 22.0 Å². The molecular weight excluding hydrogens is 522 g/mol. The number of carboxylic acid groups (broad SMARTS) is 1. The van der Waals surface area contributed by atoms with E-state index in [-0.39, 0.29) is 22.1 Å². The van der Waals surface area contributed by atoms with Crippen LogP contribution in [0.3, 0.4) is 0 Å². The Kier molecular flexibility index (Phi) is 5.75. The lowest BCUT2D eigenvalue weighted by Gasteiger charge is -2.11. The predicted octanol–water partition coefficient (Wildman–Crippen LogP) is 7.75. The monoisotopic (exact) mass is 539 g/mol. The quantitative estimate of drug-likeness (QED) is 0.176. The smallest absolute Gasteiger partial charge is 0.339 e. The number of aromatic carboxylic acids is 1. The molecule has 1 amide bonds. The average Bonchev–Trinajstić information content (AvgIpc) is 3.25. The normalized spacial score (nSPS) is 11.3. The number of nitrogens with one attached hydrogen (secondary N) is 1. The van der Waals surface area contributed by atoms with Crippen molar-refractivity contribution in [2.45, 2.75) is 0 Å². The number of ether oxygens (including phenoxy) is 1. The molecule has 6 aromatic rings. The molecule has 0 radical (unpaired) electrons. The van der Waals surface area contributed by atoms with Gasteiger partial charge in [0.1, 0.15) is 0 Å². The van der Waals surface area contributed by atoms with Crippen molar-refractivity contribution in [2.24, 2.45) is 0 Å². The van der Waals surface area contributed by atoms with E-state index in [1.807, 2.05) is 42.5 Å². The summed E-state index contributed by atoms with van der Waals surface area (Å²) in [5, 5.41) is 17.9. The van der Waals surface area contributed by atoms with E-state index >= 15 is 0 Å². The first-order valence-corrected chi connectivity index (χ1v) is 12.8. The van der Waals surface area contributed by atoms with Crippen molar-refractivity contribution in [3.63, 3.8) is 0 Å². The number of rotatable bonds is 4. The van der Waals surface area contributed by atoms with Gasteiger partial charge in [-0.15, -0.1) is 11.3 Å². The lowest BCUT2D eigenvalue weighted by molar-refractivity contribution is 0.0601. The number of carbonyl (C=O) groups excluding carboxylic acids is 2. The Hall–Kier alpha value is -4.46. The van der Waals surface area contributed by atoms with Crippen LogP contribution in [-0.2, 0) is 4.74 Å². The average molecular weight is 540 g/mol. The summed E-state index contributed by atoms with van der Waals surface area (Å²) in [5.41, 5.74) is 0.869. The van der Waals surface area contributed by atoms with Gasteiger partial charge >= 0.3 is 11.9 Å². The Morgan fingerprint density at radius 1 is 0.789 bits per heavy atom. The van der Waals surface area contributed by atoms with Crippen LogP contribution >= 0.6 is 22.9 Å². The SMILES string of the molecule is COC(=O)c1cc2c(cc1NC(=O)c1ccc3cc4ccccc4cc3c1)sc1cc(Cl)c(C(=O)O)cc12. The maximum atomic E-state index is 13.3. The molecule has 0 fully saturated rings. The van der Waals surface area contributed by atoms with Crippen molar-refractivity contribution < 1.29 is 24.2 Å². The maximum Gasteiger partial charge on any atom is 0.339 e. The molecule has 0 atom stereocenters. The van der Waals surface area contributed by atoms with Gasteiger partial charge in [0.2, 0.25) is 0 Å². The Balaban J connectivity index is 1.44. The van der Waals surface area contributed by atoms with Crippen molar-refractivity contribution in [2.75, 3.05) is 12.4 Å². The molecule has 0 aliphatic carbocycles. The molecule has 0 bridgehead atoms. The number of esters is 1. The van der Waals surface area contributed by atoms with Crippen molar-refractivity contribution in [3.8, 4) is 0 Å². The Bertz CT molecular complexity index is 1980. The first-order valence-electron chi connectivity index (χ1n) is 11.6. The summed E-state index contributed by atoms with van der Waals surface area (Å²) in [4.78, 5) is 37.6. The maximum absolute atomic E-state index is 13.3. The molecule has 0 spiro atoms. The first-order chi connectivity index (χ1) is 18.3. The van der Waals surface area contributed by atoms with Crippen molar-refractivity contribution >= 4 is 88.2 Å². The van der Waals surface area contributed by atoms with Crippen LogP contribution in [0.25, 0.3) is 41.7 Å². The molecule has 0 aliphatic rings. The summed E-state index contributed by atoms with van der Waals surface area (Å²) < 4.78 is 6.50. The number of thiophene rings is 1. The Morgan fingerprint density at radius 3 is 2.11 bits per heavy atom. The van der Waals surface area contributed by atoms with Crippen LogP contribution in [0.15, 0.2) is 78.9 Å². The van der Waals surface area contributed by atoms with E-state index < -0.39 is 11.9 Å². The molecule has 38 heavy (non-hydrogen) atoms. The second-order valence-electron chi connectivity index (χ2n) is 8.84. The minimum Gasteiger partial charge on any atom is -0.478 e. The number of anilines is 1. The number of amides is 1. The number of hydrogen-bond donors (Lipinski definition) is 2. The lowest BCUT2D eigenvalue weighted by atomic mass is 10.0. The highest BCUT2D eigenvalue weighted by Gasteiger charge is 2.20. The summed E-state index contributed by atoms with van der Waals surface area (Å²) in [6, 6.07) is 24.0. The van der Waals surface area contributed by atoms with E-state index in [9.17, 15) is 19.5 Å². The van der Waals surface area contributed by atoms with E-state index in [2.05, 4.69) is 11.4 Å². The topological polar surface area (TPSA) is 92.7 Å². The number of fused-ring (bicyclic) bond motifs is 5. The molecular formula is C30H18ClNO5S. The van der Waals surface area contributed by atoms with Gasteiger partial charge in [0.15, 0.2) is 0 Å². The second-order valence-corrected chi connectivity index (χ2v) is 10.3. The third-order valence-electron chi connectivity index (χ3n) is 6.55. The van der Waals surface area contributed by atoms with Gasteiger partial charge in [-0.25, -0.2) is 9.59 Å². The van der Waals surface area contributed by atoms with Crippen LogP contribution < -0.4 is 5.32 Å². The predicted molar refractivity (Wildman–Crippen MR) is 152 cm³/mol. The van der Waals surface area contributed by atoms with Gasteiger partial charge in [-0.3, -0.25) is 4.79 Å². The van der Waals surface area contributed by atoms with Gasteiger partial charge in [-0.1, -0.05) is 41.9 Å². The van der Waals surface area contributed by atoms with Crippen LogP contribution in [0.2, 0.25) is 5.02 Å². The van der Waals surface area contributed by atoms with Gasteiger partial charge in [-0.05, 0) is 70.1 Å². The van der Waals surface area contributed by atoms with Gasteiger partial charge in [0.05, 0.1) is 28.9 Å². The minimum absolute atomic E-state index is 0.0278. The molecule has 6 rings (SSSR count). The summed E-state index contributed by atoms with van der Waals surface area (Å²) in [6.07, 6.45) is 0. The number of methoxy groups -OCH3 is 1. The standard InChI is InChI=1S/C30H18ClNO5S/c1-37-30(36)23-12-21-20-11-22(29(34)35)24(31)13-26(20)38-27(21)14-25(23)32-28(33)18-7-6-17-8-15-4-2-3-5-16(15)9-19(17)10-18/h2-14H,1H3,(H,32,33)(H,34,35). The van der Waals surface area contributed by atoms with E-state index in [4.69, 9.17) is 16.3 Å². The second kappa shape index (κ2) is 9.13. The zero-order valence-electron chi connectivity index (χ0n) is 19.9. The number of halogens is 1. The molecule has 8 heteroatoms. The van der Waals surface area contributed by atoms with Crippen LogP contribution in [0.1, 0.15) is 31.1 Å².